The van der Waals surface area contributed by atoms with Crippen LogP contribution in [0.2, 0.25) is 0 Å². The average molecular weight is 192 g/mol. The second-order valence-corrected chi connectivity index (χ2v) is 3.45. The average Bonchev–Trinajstić information content (AvgIpc) is 1.86. The van der Waals surface area contributed by atoms with E-state index >= 15 is 0 Å². The van der Waals surface area contributed by atoms with Gasteiger partial charge in [-0.2, -0.15) is 0 Å². The first-order chi connectivity index (χ1) is 5.00. The summed E-state index contributed by atoms with van der Waals surface area (Å²) in [6.45, 7) is 0. The van der Waals surface area contributed by atoms with E-state index in [1.807, 2.05) is 0 Å². The molecule has 1 rings (SSSR count). The Kier molecular flexibility index (Phi) is 2.28. The van der Waals surface area contributed by atoms with Crippen LogP contribution in [0.15, 0.2) is 24.3 Å². The molecular formula is C7H7Cl2NO. The second-order valence-electron chi connectivity index (χ2n) is 2.16. The van der Waals surface area contributed by atoms with Gasteiger partial charge in [-0.05, 0) is 12.1 Å². The Hall–Kier alpha value is -0.440. The lowest BCUT2D eigenvalue weighted by atomic mass is 10.2. The van der Waals surface area contributed by atoms with Gasteiger partial charge in [0.2, 0.25) is 4.52 Å². The van der Waals surface area contributed by atoms with Gasteiger partial charge in [-0.3, -0.25) is 0 Å². The number of rotatable bonds is 1. The van der Waals surface area contributed by atoms with Crippen molar-refractivity contribution in [3.05, 3.63) is 29.8 Å². The number of halogens is 2. The fraction of sp³-hybridized carbons (Fsp3) is 0.143. The van der Waals surface area contributed by atoms with E-state index in [0.717, 1.165) is 0 Å². The molecule has 0 heterocycles. The van der Waals surface area contributed by atoms with E-state index in [9.17, 15) is 0 Å². The number of hydrogen-bond acceptors (Lipinski definition) is 2. The number of alkyl halides is 2. The Morgan fingerprint density at radius 2 is 1.64 bits per heavy atom. The predicted molar refractivity (Wildman–Crippen MR) is 46.5 cm³/mol. The Labute approximate surface area is 74.5 Å². The number of nitrogen functional groups attached to an aromatic ring is 1. The van der Waals surface area contributed by atoms with E-state index in [1.54, 1.807) is 24.3 Å². The SMILES string of the molecule is Nc1ccc(C(O)(Cl)Cl)cc1. The first kappa shape index (κ1) is 8.65. The lowest BCUT2D eigenvalue weighted by Crippen LogP contribution is -2.07. The molecule has 0 aliphatic rings. The number of hydrogen-bond donors (Lipinski definition) is 2. The predicted octanol–water partition coefficient (Wildman–Crippen LogP) is 1.85. The molecule has 0 radical (unpaired) electrons. The Balaban J connectivity index is 2.99. The third-order valence-corrected chi connectivity index (χ3v) is 1.69. The highest BCUT2D eigenvalue weighted by Crippen LogP contribution is 2.30. The van der Waals surface area contributed by atoms with Crippen molar-refractivity contribution in [1.29, 1.82) is 0 Å². The minimum atomic E-state index is -1.83. The van der Waals surface area contributed by atoms with E-state index in [1.165, 1.54) is 0 Å². The molecule has 1 aromatic carbocycles. The Morgan fingerprint density at radius 3 is 2.00 bits per heavy atom. The lowest BCUT2D eigenvalue weighted by molar-refractivity contribution is 0.218. The van der Waals surface area contributed by atoms with Gasteiger partial charge < -0.3 is 10.8 Å². The molecular weight excluding hydrogens is 185 g/mol. The number of nitrogens with two attached hydrogens (primary N) is 1. The van der Waals surface area contributed by atoms with Crippen LogP contribution in [0.1, 0.15) is 5.56 Å². The summed E-state index contributed by atoms with van der Waals surface area (Å²) in [4.78, 5) is 0. The maximum absolute atomic E-state index is 9.07. The minimum absolute atomic E-state index is 0.412. The van der Waals surface area contributed by atoms with Crippen LogP contribution in [0.25, 0.3) is 0 Å². The summed E-state index contributed by atoms with van der Waals surface area (Å²) in [7, 11) is 0. The van der Waals surface area contributed by atoms with Crippen LogP contribution in [-0.2, 0) is 4.52 Å². The summed E-state index contributed by atoms with van der Waals surface area (Å²) in [6.07, 6.45) is 0. The molecule has 0 saturated carbocycles. The van der Waals surface area contributed by atoms with E-state index in [4.69, 9.17) is 34.0 Å². The van der Waals surface area contributed by atoms with Crippen molar-refractivity contribution < 1.29 is 5.11 Å². The summed E-state index contributed by atoms with van der Waals surface area (Å²) >= 11 is 10.8. The molecule has 0 atom stereocenters. The van der Waals surface area contributed by atoms with Gasteiger partial charge in [0, 0.05) is 11.3 Å². The minimum Gasteiger partial charge on any atom is -0.399 e. The van der Waals surface area contributed by atoms with Crippen molar-refractivity contribution >= 4 is 28.9 Å². The summed E-state index contributed by atoms with van der Waals surface area (Å²) in [5.41, 5.74) is 6.42. The Morgan fingerprint density at radius 1 is 1.18 bits per heavy atom. The molecule has 0 unspecified atom stereocenters. The summed E-state index contributed by atoms with van der Waals surface area (Å²) in [5, 5.41) is 9.07. The van der Waals surface area contributed by atoms with Crippen molar-refractivity contribution in [3.8, 4) is 0 Å². The van der Waals surface area contributed by atoms with Crippen molar-refractivity contribution in [2.24, 2.45) is 0 Å². The monoisotopic (exact) mass is 191 g/mol. The van der Waals surface area contributed by atoms with Gasteiger partial charge in [-0.25, -0.2) is 0 Å². The molecule has 0 saturated heterocycles. The van der Waals surface area contributed by atoms with Crippen LogP contribution in [0.3, 0.4) is 0 Å². The summed E-state index contributed by atoms with van der Waals surface area (Å²) in [6, 6.07) is 6.36. The van der Waals surface area contributed by atoms with Gasteiger partial charge in [-0.15, -0.1) is 0 Å². The summed E-state index contributed by atoms with van der Waals surface area (Å²) < 4.78 is -1.83. The zero-order valence-corrected chi connectivity index (χ0v) is 7.10. The molecule has 0 aliphatic carbocycles. The number of aliphatic hydroxyl groups is 1. The molecule has 0 bridgehead atoms. The molecule has 2 nitrogen and oxygen atoms in total. The number of anilines is 1. The van der Waals surface area contributed by atoms with Crippen LogP contribution < -0.4 is 5.73 Å². The molecule has 0 aliphatic heterocycles. The lowest BCUT2D eigenvalue weighted by Gasteiger charge is -2.11. The topological polar surface area (TPSA) is 46.2 Å². The van der Waals surface area contributed by atoms with Crippen LogP contribution in [0.4, 0.5) is 5.69 Å². The molecule has 0 fully saturated rings. The zero-order valence-electron chi connectivity index (χ0n) is 5.59. The van der Waals surface area contributed by atoms with Crippen LogP contribution in [-0.4, -0.2) is 5.11 Å². The summed E-state index contributed by atoms with van der Waals surface area (Å²) in [5.74, 6) is 0. The molecule has 60 valence electrons. The molecule has 4 heteroatoms. The molecule has 0 amide bonds. The van der Waals surface area contributed by atoms with Crippen LogP contribution >= 0.6 is 23.2 Å². The van der Waals surface area contributed by atoms with Crippen molar-refractivity contribution in [2.45, 2.75) is 4.52 Å². The van der Waals surface area contributed by atoms with E-state index in [2.05, 4.69) is 0 Å². The van der Waals surface area contributed by atoms with Crippen molar-refractivity contribution in [3.63, 3.8) is 0 Å². The third kappa shape index (κ3) is 2.26. The van der Waals surface area contributed by atoms with Gasteiger partial charge in [0.05, 0.1) is 0 Å². The van der Waals surface area contributed by atoms with Crippen molar-refractivity contribution in [1.82, 2.24) is 0 Å². The number of benzene rings is 1. The van der Waals surface area contributed by atoms with E-state index in [-0.39, 0.29) is 0 Å². The third-order valence-electron chi connectivity index (χ3n) is 1.26. The molecule has 11 heavy (non-hydrogen) atoms. The van der Waals surface area contributed by atoms with Gasteiger partial charge >= 0.3 is 0 Å². The fourth-order valence-electron chi connectivity index (χ4n) is 0.684. The van der Waals surface area contributed by atoms with Gasteiger partial charge in [0.25, 0.3) is 0 Å². The standard InChI is InChI=1S/C7H7Cl2NO/c8-7(9,11)5-1-3-6(10)4-2-5/h1-4,11H,10H2. The van der Waals surface area contributed by atoms with Crippen molar-refractivity contribution in [2.75, 3.05) is 5.73 Å². The van der Waals surface area contributed by atoms with E-state index in [0.29, 0.717) is 11.3 Å². The Bertz CT molecular complexity index is 240. The largest absolute Gasteiger partial charge is 0.399 e. The van der Waals surface area contributed by atoms with Gasteiger partial charge in [0.1, 0.15) is 0 Å². The zero-order chi connectivity index (χ0) is 8.48. The highest BCUT2D eigenvalue weighted by atomic mass is 35.5. The second kappa shape index (κ2) is 2.89. The quantitative estimate of drug-likeness (QED) is 0.526. The maximum atomic E-state index is 9.07. The van der Waals surface area contributed by atoms with Gasteiger partial charge in [-0.1, -0.05) is 35.3 Å². The fourth-order valence-corrected chi connectivity index (χ4v) is 0.936. The maximum Gasteiger partial charge on any atom is 0.241 e. The first-order valence-corrected chi connectivity index (χ1v) is 3.72. The first-order valence-electron chi connectivity index (χ1n) is 2.96. The van der Waals surface area contributed by atoms with Crippen LogP contribution in [0.5, 0.6) is 0 Å². The molecule has 0 aromatic heterocycles. The smallest absolute Gasteiger partial charge is 0.241 e. The molecule has 1 aromatic rings. The van der Waals surface area contributed by atoms with Gasteiger partial charge in [0.15, 0.2) is 0 Å². The molecule has 3 N–H and O–H groups in total. The van der Waals surface area contributed by atoms with E-state index < -0.39 is 4.52 Å². The molecule has 0 spiro atoms. The highest BCUT2D eigenvalue weighted by Gasteiger charge is 2.21. The normalized spacial score (nSPS) is 11.5. The van der Waals surface area contributed by atoms with Crippen LogP contribution in [0, 0.1) is 0 Å². The highest BCUT2D eigenvalue weighted by molar-refractivity contribution is 6.46.